The van der Waals surface area contributed by atoms with Gasteiger partial charge in [0.1, 0.15) is 0 Å². The number of rotatable bonds is 7. The highest BCUT2D eigenvalue weighted by Gasteiger charge is 2.17. The van der Waals surface area contributed by atoms with Crippen LogP contribution in [0.3, 0.4) is 0 Å². The Morgan fingerprint density at radius 3 is 2.50 bits per heavy atom. The van der Waals surface area contributed by atoms with E-state index in [-0.39, 0.29) is 6.04 Å². The molecule has 0 amide bonds. The molecule has 0 bridgehead atoms. The van der Waals surface area contributed by atoms with Crippen LogP contribution in [-0.2, 0) is 6.42 Å². The van der Waals surface area contributed by atoms with Crippen LogP contribution >= 0.6 is 34.5 Å². The summed E-state index contributed by atoms with van der Waals surface area (Å²) < 4.78 is 0. The SMILES string of the molecule is CCCNC(CCc1cccs1)c1c(Cl)cccc1Cl. The maximum Gasteiger partial charge on any atom is 0.0468 e. The van der Waals surface area contributed by atoms with Crippen LogP contribution in [0.2, 0.25) is 10.0 Å². The fourth-order valence-electron chi connectivity index (χ4n) is 2.25. The smallest absolute Gasteiger partial charge is 0.0468 e. The van der Waals surface area contributed by atoms with Crippen LogP contribution in [0.5, 0.6) is 0 Å². The lowest BCUT2D eigenvalue weighted by molar-refractivity contribution is 0.501. The van der Waals surface area contributed by atoms with Crippen molar-refractivity contribution in [1.82, 2.24) is 5.32 Å². The Balaban J connectivity index is 2.13. The normalized spacial score (nSPS) is 12.6. The summed E-state index contributed by atoms with van der Waals surface area (Å²) >= 11 is 14.5. The second-order valence-electron chi connectivity index (χ2n) is 4.76. The third kappa shape index (κ3) is 4.23. The minimum absolute atomic E-state index is 0.207. The van der Waals surface area contributed by atoms with Crippen molar-refractivity contribution < 1.29 is 0 Å². The molecule has 0 radical (unpaired) electrons. The molecule has 0 saturated carbocycles. The number of hydrogen-bond donors (Lipinski definition) is 1. The Kier molecular flexibility index (Phi) is 6.37. The summed E-state index contributed by atoms with van der Waals surface area (Å²) in [6.07, 6.45) is 3.14. The predicted molar refractivity (Wildman–Crippen MR) is 90.1 cm³/mol. The van der Waals surface area contributed by atoms with Crippen molar-refractivity contribution >= 4 is 34.5 Å². The average molecular weight is 328 g/mol. The Morgan fingerprint density at radius 2 is 1.90 bits per heavy atom. The Bertz CT molecular complexity index is 505. The van der Waals surface area contributed by atoms with Gasteiger partial charge >= 0.3 is 0 Å². The molecule has 108 valence electrons. The van der Waals surface area contributed by atoms with Gasteiger partial charge in [0.15, 0.2) is 0 Å². The van der Waals surface area contributed by atoms with Gasteiger partial charge in [-0.25, -0.2) is 0 Å². The fraction of sp³-hybridized carbons (Fsp3) is 0.375. The van der Waals surface area contributed by atoms with E-state index >= 15 is 0 Å². The van der Waals surface area contributed by atoms with Crippen molar-refractivity contribution in [2.75, 3.05) is 6.54 Å². The first-order valence-corrected chi connectivity index (χ1v) is 8.55. The highest BCUT2D eigenvalue weighted by Crippen LogP contribution is 2.33. The fourth-order valence-corrected chi connectivity index (χ4v) is 3.64. The number of nitrogens with one attached hydrogen (secondary N) is 1. The number of aryl methyl sites for hydroxylation is 1. The van der Waals surface area contributed by atoms with E-state index < -0.39 is 0 Å². The molecule has 1 unspecified atom stereocenters. The van der Waals surface area contributed by atoms with E-state index in [1.54, 1.807) is 11.3 Å². The van der Waals surface area contributed by atoms with Crippen molar-refractivity contribution in [2.24, 2.45) is 0 Å². The van der Waals surface area contributed by atoms with Gasteiger partial charge in [0.05, 0.1) is 0 Å². The Morgan fingerprint density at radius 1 is 1.15 bits per heavy atom. The standard InChI is InChI=1S/C16H19Cl2NS/c1-2-10-19-15(9-8-12-5-4-11-20-12)16-13(17)6-3-7-14(16)18/h3-7,11,15,19H,2,8-10H2,1H3. The number of thiophene rings is 1. The highest BCUT2D eigenvalue weighted by atomic mass is 35.5. The molecule has 2 rings (SSSR count). The zero-order valence-electron chi connectivity index (χ0n) is 11.5. The van der Waals surface area contributed by atoms with E-state index in [1.165, 1.54) is 4.88 Å². The highest BCUT2D eigenvalue weighted by molar-refractivity contribution is 7.09. The molecule has 1 nitrogen and oxygen atoms in total. The monoisotopic (exact) mass is 327 g/mol. The van der Waals surface area contributed by atoms with Crippen molar-refractivity contribution in [3.63, 3.8) is 0 Å². The third-order valence-corrected chi connectivity index (χ3v) is 4.84. The number of hydrogen-bond acceptors (Lipinski definition) is 2. The van der Waals surface area contributed by atoms with Gasteiger partial charge in [-0.05, 0) is 49.4 Å². The van der Waals surface area contributed by atoms with E-state index in [9.17, 15) is 0 Å². The van der Waals surface area contributed by atoms with Crippen molar-refractivity contribution in [2.45, 2.75) is 32.2 Å². The second kappa shape index (κ2) is 8.04. The molecule has 2 aromatic rings. The molecule has 4 heteroatoms. The van der Waals surface area contributed by atoms with Crippen LogP contribution in [0, 0.1) is 0 Å². The molecular formula is C16H19Cl2NS. The zero-order valence-corrected chi connectivity index (χ0v) is 13.9. The van der Waals surface area contributed by atoms with Gasteiger partial charge in [-0.3, -0.25) is 0 Å². The summed E-state index contributed by atoms with van der Waals surface area (Å²) in [5.74, 6) is 0. The zero-order chi connectivity index (χ0) is 14.4. The molecule has 0 fully saturated rings. The van der Waals surface area contributed by atoms with Crippen LogP contribution in [0.4, 0.5) is 0 Å². The topological polar surface area (TPSA) is 12.0 Å². The van der Waals surface area contributed by atoms with Gasteiger partial charge in [-0.1, -0.05) is 42.3 Å². The summed E-state index contributed by atoms with van der Waals surface area (Å²) in [4.78, 5) is 1.40. The minimum Gasteiger partial charge on any atom is -0.310 e. The van der Waals surface area contributed by atoms with E-state index in [1.807, 2.05) is 18.2 Å². The van der Waals surface area contributed by atoms with Crippen LogP contribution < -0.4 is 5.32 Å². The summed E-state index contributed by atoms with van der Waals surface area (Å²) in [7, 11) is 0. The first-order chi connectivity index (χ1) is 9.72. The summed E-state index contributed by atoms with van der Waals surface area (Å²) in [5.41, 5.74) is 1.03. The van der Waals surface area contributed by atoms with Crippen LogP contribution in [0.1, 0.15) is 36.2 Å². The molecule has 0 aliphatic heterocycles. The van der Waals surface area contributed by atoms with Gasteiger partial charge in [-0.15, -0.1) is 11.3 Å². The Labute approximate surface area is 134 Å². The first-order valence-electron chi connectivity index (χ1n) is 6.92. The lowest BCUT2D eigenvalue weighted by Crippen LogP contribution is -2.23. The molecule has 0 aliphatic rings. The first kappa shape index (κ1) is 15.8. The summed E-state index contributed by atoms with van der Waals surface area (Å²) in [5, 5.41) is 7.18. The van der Waals surface area contributed by atoms with Crippen molar-refractivity contribution in [3.05, 3.63) is 56.2 Å². The van der Waals surface area contributed by atoms with Gasteiger partial charge in [0, 0.05) is 26.5 Å². The van der Waals surface area contributed by atoms with Gasteiger partial charge in [0.2, 0.25) is 0 Å². The van der Waals surface area contributed by atoms with Crippen molar-refractivity contribution in [3.8, 4) is 0 Å². The number of benzene rings is 1. The third-order valence-electron chi connectivity index (χ3n) is 3.25. The minimum atomic E-state index is 0.207. The molecule has 0 saturated heterocycles. The molecule has 20 heavy (non-hydrogen) atoms. The predicted octanol–water partition coefficient (Wildman–Crippen LogP) is 5.73. The largest absolute Gasteiger partial charge is 0.310 e. The summed E-state index contributed by atoms with van der Waals surface area (Å²) in [6.45, 7) is 3.13. The maximum atomic E-state index is 6.34. The van der Waals surface area contributed by atoms with Crippen LogP contribution in [-0.4, -0.2) is 6.54 Å². The Hall–Kier alpha value is -0.540. The molecule has 1 aromatic heterocycles. The van der Waals surface area contributed by atoms with Gasteiger partial charge < -0.3 is 5.32 Å². The lowest BCUT2D eigenvalue weighted by Gasteiger charge is -2.21. The van der Waals surface area contributed by atoms with E-state index in [2.05, 4.69) is 29.8 Å². The maximum absolute atomic E-state index is 6.34. The second-order valence-corrected chi connectivity index (χ2v) is 6.61. The lowest BCUT2D eigenvalue weighted by atomic mass is 10.0. The molecule has 0 aliphatic carbocycles. The molecule has 1 atom stereocenters. The number of halogens is 2. The molecule has 1 aromatic carbocycles. The molecule has 1 N–H and O–H groups in total. The summed E-state index contributed by atoms with van der Waals surface area (Å²) in [6, 6.07) is 10.2. The molecular weight excluding hydrogens is 309 g/mol. The van der Waals surface area contributed by atoms with E-state index in [0.717, 1.165) is 41.4 Å². The quantitative estimate of drug-likeness (QED) is 0.684. The van der Waals surface area contributed by atoms with Crippen molar-refractivity contribution in [1.29, 1.82) is 0 Å². The average Bonchev–Trinajstić information content (AvgIpc) is 2.94. The van der Waals surface area contributed by atoms with E-state index in [4.69, 9.17) is 23.2 Å². The van der Waals surface area contributed by atoms with Gasteiger partial charge in [0.25, 0.3) is 0 Å². The van der Waals surface area contributed by atoms with Crippen LogP contribution in [0.15, 0.2) is 35.7 Å². The molecule has 1 heterocycles. The van der Waals surface area contributed by atoms with Gasteiger partial charge in [-0.2, -0.15) is 0 Å². The molecule has 0 spiro atoms. The van der Waals surface area contributed by atoms with Crippen LogP contribution in [0.25, 0.3) is 0 Å². The van der Waals surface area contributed by atoms with E-state index in [0.29, 0.717) is 0 Å².